The smallest absolute Gasteiger partial charge is 0.214 e. The minimum absolute atomic E-state index is 0.0350. The van der Waals surface area contributed by atoms with Gasteiger partial charge < -0.3 is 10.4 Å². The van der Waals surface area contributed by atoms with E-state index in [1.54, 1.807) is 22.8 Å². The molecule has 0 saturated carbocycles. The Morgan fingerprint density at radius 2 is 1.88 bits per heavy atom. The zero-order valence-electron chi connectivity index (χ0n) is 13.1. The van der Waals surface area contributed by atoms with Gasteiger partial charge in [0.2, 0.25) is 10.1 Å². The number of aliphatic hydroxyl groups is 1. The normalized spacial score (nSPS) is 12.4. The number of aliphatic hydroxyl groups excluding tert-OH is 1. The summed E-state index contributed by atoms with van der Waals surface area (Å²) in [6.07, 6.45) is 1.81. The first-order chi connectivity index (χ1) is 12.2. The van der Waals surface area contributed by atoms with E-state index < -0.39 is 0 Å². The van der Waals surface area contributed by atoms with E-state index in [1.165, 1.54) is 23.5 Å². The third-order valence-corrected chi connectivity index (χ3v) is 4.72. The Morgan fingerprint density at radius 1 is 1.12 bits per heavy atom. The standard InChI is InChI=1S/C18H15FN4OS/c19-14-8-6-13(7-9-14)15-10-23-18(21-15)25-17(22-23)20-16(11-24)12-4-2-1-3-5-12/h1-10,16,24H,11H2,(H,20,22). The Bertz CT molecular complexity index is 950. The monoisotopic (exact) mass is 354 g/mol. The third-order valence-electron chi connectivity index (χ3n) is 3.87. The van der Waals surface area contributed by atoms with Gasteiger partial charge >= 0.3 is 0 Å². The van der Waals surface area contributed by atoms with Crippen molar-refractivity contribution in [1.29, 1.82) is 0 Å². The van der Waals surface area contributed by atoms with Gasteiger partial charge in [-0.15, -0.1) is 5.10 Å². The van der Waals surface area contributed by atoms with Crippen molar-refractivity contribution in [2.24, 2.45) is 0 Å². The van der Waals surface area contributed by atoms with Gasteiger partial charge in [0.25, 0.3) is 0 Å². The molecular weight excluding hydrogens is 339 g/mol. The second-order valence-corrected chi connectivity index (χ2v) is 6.51. The summed E-state index contributed by atoms with van der Waals surface area (Å²) in [4.78, 5) is 5.26. The van der Waals surface area contributed by atoms with Crippen LogP contribution in [0.3, 0.4) is 0 Å². The van der Waals surface area contributed by atoms with Crippen LogP contribution in [0.5, 0.6) is 0 Å². The van der Waals surface area contributed by atoms with Gasteiger partial charge in [0, 0.05) is 5.56 Å². The molecule has 0 radical (unpaired) electrons. The number of anilines is 1. The molecule has 2 aromatic carbocycles. The first-order valence-corrected chi connectivity index (χ1v) is 8.59. The van der Waals surface area contributed by atoms with Crippen LogP contribution in [0.4, 0.5) is 9.52 Å². The number of hydrogen-bond acceptors (Lipinski definition) is 5. The van der Waals surface area contributed by atoms with E-state index in [1.807, 2.05) is 30.3 Å². The minimum atomic E-state index is -0.273. The van der Waals surface area contributed by atoms with Crippen molar-refractivity contribution in [3.8, 4) is 11.3 Å². The highest BCUT2D eigenvalue weighted by molar-refractivity contribution is 7.20. The average molecular weight is 354 g/mol. The van der Waals surface area contributed by atoms with Crippen molar-refractivity contribution in [3.05, 3.63) is 72.2 Å². The summed E-state index contributed by atoms with van der Waals surface area (Å²) in [5, 5.41) is 18.0. The number of rotatable bonds is 5. The second kappa shape index (κ2) is 6.62. The zero-order valence-corrected chi connectivity index (χ0v) is 13.9. The van der Waals surface area contributed by atoms with Gasteiger partial charge in [-0.3, -0.25) is 0 Å². The number of aromatic nitrogens is 3. The minimum Gasteiger partial charge on any atom is -0.394 e. The summed E-state index contributed by atoms with van der Waals surface area (Å²) in [5.41, 5.74) is 2.57. The van der Waals surface area contributed by atoms with Crippen LogP contribution in [0.15, 0.2) is 60.8 Å². The lowest BCUT2D eigenvalue weighted by Gasteiger charge is -2.15. The van der Waals surface area contributed by atoms with Crippen LogP contribution < -0.4 is 5.32 Å². The second-order valence-electron chi connectivity index (χ2n) is 5.56. The summed E-state index contributed by atoms with van der Waals surface area (Å²) >= 11 is 1.40. The fourth-order valence-electron chi connectivity index (χ4n) is 2.59. The highest BCUT2D eigenvalue weighted by Crippen LogP contribution is 2.27. The van der Waals surface area contributed by atoms with E-state index in [0.29, 0.717) is 5.13 Å². The van der Waals surface area contributed by atoms with Gasteiger partial charge in [-0.25, -0.2) is 13.9 Å². The number of nitrogens with one attached hydrogen (secondary N) is 1. The number of hydrogen-bond donors (Lipinski definition) is 2. The first-order valence-electron chi connectivity index (χ1n) is 7.77. The molecule has 2 N–H and O–H groups in total. The maximum Gasteiger partial charge on any atom is 0.214 e. The molecule has 2 aromatic heterocycles. The maximum absolute atomic E-state index is 13.0. The molecule has 0 saturated heterocycles. The highest BCUT2D eigenvalue weighted by atomic mass is 32.1. The summed E-state index contributed by atoms with van der Waals surface area (Å²) in [6.45, 7) is -0.0350. The Kier molecular flexibility index (Phi) is 4.17. The Balaban J connectivity index is 1.58. The number of fused-ring (bicyclic) bond motifs is 1. The van der Waals surface area contributed by atoms with Crippen molar-refractivity contribution in [2.75, 3.05) is 11.9 Å². The van der Waals surface area contributed by atoms with Crippen molar-refractivity contribution in [1.82, 2.24) is 14.6 Å². The van der Waals surface area contributed by atoms with E-state index in [4.69, 9.17) is 0 Å². The van der Waals surface area contributed by atoms with Crippen LogP contribution in [0.25, 0.3) is 16.2 Å². The fraction of sp³-hybridized carbons (Fsp3) is 0.111. The van der Waals surface area contributed by atoms with Gasteiger partial charge in [0.1, 0.15) is 5.82 Å². The lowest BCUT2D eigenvalue weighted by molar-refractivity contribution is 0.276. The van der Waals surface area contributed by atoms with Crippen LogP contribution in [0, 0.1) is 5.82 Å². The predicted molar refractivity (Wildman–Crippen MR) is 96.1 cm³/mol. The highest BCUT2D eigenvalue weighted by Gasteiger charge is 2.14. The molecule has 0 spiro atoms. The number of halogens is 1. The maximum atomic E-state index is 13.0. The molecule has 4 aromatic rings. The quantitative estimate of drug-likeness (QED) is 0.573. The Morgan fingerprint density at radius 3 is 2.56 bits per heavy atom. The van der Waals surface area contributed by atoms with Crippen LogP contribution >= 0.6 is 11.3 Å². The SMILES string of the molecule is OCC(Nc1nn2cc(-c3ccc(F)cc3)nc2s1)c1ccccc1. The van der Waals surface area contributed by atoms with E-state index >= 15 is 0 Å². The van der Waals surface area contributed by atoms with Crippen LogP contribution in [-0.4, -0.2) is 26.3 Å². The molecule has 0 bridgehead atoms. The van der Waals surface area contributed by atoms with Crippen molar-refractivity contribution < 1.29 is 9.50 Å². The lowest BCUT2D eigenvalue weighted by atomic mass is 10.1. The molecule has 1 atom stereocenters. The predicted octanol–water partition coefficient (Wildman–Crippen LogP) is 3.74. The molecule has 126 valence electrons. The average Bonchev–Trinajstić information content (AvgIpc) is 3.19. The summed E-state index contributed by atoms with van der Waals surface area (Å²) in [5.74, 6) is -0.273. The number of nitrogens with zero attached hydrogens (tertiary/aromatic N) is 3. The summed E-state index contributed by atoms with van der Waals surface area (Å²) in [7, 11) is 0. The third kappa shape index (κ3) is 3.24. The molecule has 0 aliphatic rings. The van der Waals surface area contributed by atoms with Crippen LogP contribution in [0.1, 0.15) is 11.6 Å². The molecule has 25 heavy (non-hydrogen) atoms. The molecule has 0 amide bonds. The molecule has 1 unspecified atom stereocenters. The van der Waals surface area contributed by atoms with Crippen molar-refractivity contribution in [2.45, 2.75) is 6.04 Å². The number of imidazole rings is 1. The van der Waals surface area contributed by atoms with Crippen molar-refractivity contribution in [3.63, 3.8) is 0 Å². The molecule has 4 rings (SSSR count). The summed E-state index contributed by atoms with van der Waals surface area (Å²) < 4.78 is 14.7. The van der Waals surface area contributed by atoms with Gasteiger partial charge in [-0.05, 0) is 29.8 Å². The Hall–Kier alpha value is -2.77. The fourth-order valence-corrected chi connectivity index (χ4v) is 3.42. The number of benzene rings is 2. The molecule has 5 nitrogen and oxygen atoms in total. The molecule has 0 aliphatic heterocycles. The zero-order chi connectivity index (χ0) is 17.2. The summed E-state index contributed by atoms with van der Waals surface area (Å²) in [6, 6.07) is 15.7. The van der Waals surface area contributed by atoms with E-state index in [-0.39, 0.29) is 18.5 Å². The molecule has 7 heteroatoms. The lowest BCUT2D eigenvalue weighted by Crippen LogP contribution is -2.14. The van der Waals surface area contributed by atoms with Crippen LogP contribution in [-0.2, 0) is 0 Å². The van der Waals surface area contributed by atoms with Gasteiger partial charge in [0.15, 0.2) is 0 Å². The first kappa shape index (κ1) is 15.7. The topological polar surface area (TPSA) is 62.5 Å². The van der Waals surface area contributed by atoms with E-state index in [0.717, 1.165) is 21.8 Å². The van der Waals surface area contributed by atoms with Gasteiger partial charge in [-0.2, -0.15) is 0 Å². The van der Waals surface area contributed by atoms with E-state index in [2.05, 4.69) is 15.4 Å². The van der Waals surface area contributed by atoms with Gasteiger partial charge in [-0.1, -0.05) is 41.7 Å². The molecule has 2 heterocycles. The Labute approximate surface area is 147 Å². The largest absolute Gasteiger partial charge is 0.394 e. The molecular formula is C18H15FN4OS. The van der Waals surface area contributed by atoms with Gasteiger partial charge in [0.05, 0.1) is 24.5 Å². The van der Waals surface area contributed by atoms with Crippen molar-refractivity contribution >= 4 is 21.4 Å². The van der Waals surface area contributed by atoms with E-state index in [9.17, 15) is 9.50 Å². The molecule has 0 aliphatic carbocycles. The molecule has 0 fully saturated rings. The van der Waals surface area contributed by atoms with Crippen LogP contribution in [0.2, 0.25) is 0 Å².